The lowest BCUT2D eigenvalue weighted by atomic mass is 10.2. The van der Waals surface area contributed by atoms with Crippen LogP contribution in [-0.4, -0.2) is 13.4 Å². The summed E-state index contributed by atoms with van der Waals surface area (Å²) in [4.78, 5) is 4.19. The standard InChI is InChI=1S/C9H12N2/c1-8-5-3-4-6-9(8)11-7-10-2/h3-7H,1-2H3,(H,10,11). The van der Waals surface area contributed by atoms with E-state index in [9.17, 15) is 0 Å². The molecule has 1 aromatic rings. The van der Waals surface area contributed by atoms with Crippen molar-refractivity contribution < 1.29 is 0 Å². The van der Waals surface area contributed by atoms with Gasteiger partial charge >= 0.3 is 0 Å². The van der Waals surface area contributed by atoms with Crippen LogP contribution in [0.5, 0.6) is 0 Å². The number of aliphatic imine (C=N–C) groups is 1. The Labute approximate surface area is 67.0 Å². The Kier molecular flexibility index (Phi) is 2.66. The van der Waals surface area contributed by atoms with Crippen LogP contribution in [-0.2, 0) is 0 Å². The molecule has 0 atom stereocenters. The molecule has 0 radical (unpaired) electrons. The van der Waals surface area contributed by atoms with Gasteiger partial charge in [0.15, 0.2) is 0 Å². The zero-order chi connectivity index (χ0) is 8.10. The predicted octanol–water partition coefficient (Wildman–Crippen LogP) is 1.87. The Morgan fingerprint density at radius 2 is 2.09 bits per heavy atom. The molecule has 0 fully saturated rings. The van der Waals surface area contributed by atoms with Crippen molar-refractivity contribution in [3.05, 3.63) is 29.8 Å². The van der Waals surface area contributed by atoms with E-state index in [1.807, 2.05) is 38.2 Å². The number of benzene rings is 1. The van der Waals surface area contributed by atoms with E-state index in [1.54, 1.807) is 6.34 Å². The van der Waals surface area contributed by atoms with Crippen molar-refractivity contribution in [2.75, 3.05) is 7.05 Å². The summed E-state index contributed by atoms with van der Waals surface area (Å²) in [5.74, 6) is 0. The van der Waals surface area contributed by atoms with Gasteiger partial charge in [0, 0.05) is 7.05 Å². The van der Waals surface area contributed by atoms with Gasteiger partial charge in [-0.15, -0.1) is 0 Å². The molecule has 0 bridgehead atoms. The molecule has 0 spiro atoms. The molecule has 2 heteroatoms. The third kappa shape index (κ3) is 2.08. The van der Waals surface area contributed by atoms with Crippen LogP contribution in [0.3, 0.4) is 0 Å². The largest absolute Gasteiger partial charge is 0.379 e. The maximum Gasteiger partial charge on any atom is 0.0883 e. The van der Waals surface area contributed by atoms with E-state index in [2.05, 4.69) is 10.3 Å². The maximum atomic E-state index is 4.19. The molecule has 0 aliphatic heterocycles. The number of rotatable bonds is 2. The molecule has 1 rings (SSSR count). The zero-order valence-corrected chi connectivity index (χ0v) is 6.83. The van der Waals surface area contributed by atoms with Gasteiger partial charge in [0.1, 0.15) is 0 Å². The van der Waals surface area contributed by atoms with Gasteiger partial charge < -0.3 is 5.32 Å². The van der Waals surface area contributed by atoms with Crippen LogP contribution in [0.2, 0.25) is 0 Å². The van der Waals surface area contributed by atoms with Crippen LogP contribution in [0.4, 0.5) is 5.69 Å². The second-order valence-corrected chi connectivity index (χ2v) is 2.33. The SMILES string of the molecule is CNC=Nc1ccccc1C. The van der Waals surface area contributed by atoms with E-state index >= 15 is 0 Å². The molecular formula is C9H12N2. The molecule has 1 aromatic carbocycles. The summed E-state index contributed by atoms with van der Waals surface area (Å²) in [5.41, 5.74) is 2.21. The third-order valence-corrected chi connectivity index (χ3v) is 1.45. The first kappa shape index (κ1) is 7.79. The van der Waals surface area contributed by atoms with Crippen molar-refractivity contribution >= 4 is 12.0 Å². The van der Waals surface area contributed by atoms with E-state index < -0.39 is 0 Å². The summed E-state index contributed by atoms with van der Waals surface area (Å²) in [6.07, 6.45) is 1.68. The van der Waals surface area contributed by atoms with Crippen LogP contribution in [0, 0.1) is 6.92 Å². The minimum atomic E-state index is 1.02. The highest BCUT2D eigenvalue weighted by Crippen LogP contribution is 2.15. The summed E-state index contributed by atoms with van der Waals surface area (Å²) in [7, 11) is 1.84. The fraction of sp³-hybridized carbons (Fsp3) is 0.222. The summed E-state index contributed by atoms with van der Waals surface area (Å²) in [6.45, 7) is 2.04. The van der Waals surface area contributed by atoms with Gasteiger partial charge in [-0.05, 0) is 18.6 Å². The van der Waals surface area contributed by atoms with Gasteiger partial charge in [-0.2, -0.15) is 0 Å². The zero-order valence-electron chi connectivity index (χ0n) is 6.83. The Hall–Kier alpha value is -1.31. The number of aryl methyl sites for hydroxylation is 1. The van der Waals surface area contributed by atoms with E-state index in [0.29, 0.717) is 0 Å². The summed E-state index contributed by atoms with van der Waals surface area (Å²) in [6, 6.07) is 8.02. The minimum Gasteiger partial charge on any atom is -0.379 e. The van der Waals surface area contributed by atoms with Crippen LogP contribution in [0.25, 0.3) is 0 Å². The number of nitrogens with one attached hydrogen (secondary N) is 1. The van der Waals surface area contributed by atoms with Gasteiger partial charge in [0.2, 0.25) is 0 Å². The lowest BCUT2D eigenvalue weighted by Gasteiger charge is -1.96. The quantitative estimate of drug-likeness (QED) is 0.502. The fourth-order valence-electron chi connectivity index (χ4n) is 0.842. The molecule has 11 heavy (non-hydrogen) atoms. The lowest BCUT2D eigenvalue weighted by Crippen LogP contribution is -1.99. The second kappa shape index (κ2) is 3.76. The van der Waals surface area contributed by atoms with Crippen LogP contribution >= 0.6 is 0 Å². The molecule has 0 saturated carbocycles. The Morgan fingerprint density at radius 3 is 2.73 bits per heavy atom. The smallest absolute Gasteiger partial charge is 0.0883 e. The molecular weight excluding hydrogens is 136 g/mol. The fourth-order valence-corrected chi connectivity index (χ4v) is 0.842. The van der Waals surface area contributed by atoms with Gasteiger partial charge in [-0.1, -0.05) is 18.2 Å². The number of nitrogens with zero attached hydrogens (tertiary/aromatic N) is 1. The number of para-hydroxylation sites is 1. The molecule has 0 saturated heterocycles. The molecule has 0 unspecified atom stereocenters. The van der Waals surface area contributed by atoms with Crippen molar-refractivity contribution in [2.45, 2.75) is 6.92 Å². The molecule has 2 nitrogen and oxygen atoms in total. The lowest BCUT2D eigenvalue weighted by molar-refractivity contribution is 1.20. The summed E-state index contributed by atoms with van der Waals surface area (Å²) in [5, 5.41) is 2.85. The van der Waals surface area contributed by atoms with Crippen molar-refractivity contribution in [2.24, 2.45) is 4.99 Å². The van der Waals surface area contributed by atoms with Crippen LogP contribution in [0.1, 0.15) is 5.56 Å². The van der Waals surface area contributed by atoms with Crippen molar-refractivity contribution in [1.82, 2.24) is 5.32 Å². The number of hydrogen-bond donors (Lipinski definition) is 1. The molecule has 0 heterocycles. The molecule has 58 valence electrons. The van der Waals surface area contributed by atoms with Crippen molar-refractivity contribution in [3.8, 4) is 0 Å². The van der Waals surface area contributed by atoms with E-state index in [4.69, 9.17) is 0 Å². The first-order valence-corrected chi connectivity index (χ1v) is 3.60. The molecule has 0 aliphatic carbocycles. The monoisotopic (exact) mass is 148 g/mol. The van der Waals surface area contributed by atoms with Crippen molar-refractivity contribution in [1.29, 1.82) is 0 Å². The summed E-state index contributed by atoms with van der Waals surface area (Å²) < 4.78 is 0. The average Bonchev–Trinajstić information content (AvgIpc) is 2.03. The van der Waals surface area contributed by atoms with Gasteiger partial charge in [0.05, 0.1) is 12.0 Å². The first-order valence-electron chi connectivity index (χ1n) is 3.60. The predicted molar refractivity (Wildman–Crippen MR) is 48.4 cm³/mol. The molecule has 0 amide bonds. The van der Waals surface area contributed by atoms with Gasteiger partial charge in [-0.25, -0.2) is 4.99 Å². The normalized spacial score (nSPS) is 10.4. The van der Waals surface area contributed by atoms with Crippen molar-refractivity contribution in [3.63, 3.8) is 0 Å². The first-order chi connectivity index (χ1) is 5.34. The highest BCUT2D eigenvalue weighted by Gasteiger charge is 1.89. The van der Waals surface area contributed by atoms with Gasteiger partial charge in [0.25, 0.3) is 0 Å². The average molecular weight is 148 g/mol. The van der Waals surface area contributed by atoms with E-state index in [1.165, 1.54) is 5.56 Å². The molecule has 0 aliphatic rings. The van der Waals surface area contributed by atoms with Gasteiger partial charge in [-0.3, -0.25) is 0 Å². The van der Waals surface area contributed by atoms with E-state index in [-0.39, 0.29) is 0 Å². The summed E-state index contributed by atoms with van der Waals surface area (Å²) >= 11 is 0. The van der Waals surface area contributed by atoms with E-state index in [0.717, 1.165) is 5.69 Å². The Balaban J connectivity index is 2.86. The van der Waals surface area contributed by atoms with Crippen LogP contribution in [0.15, 0.2) is 29.3 Å². The highest BCUT2D eigenvalue weighted by molar-refractivity contribution is 5.62. The Morgan fingerprint density at radius 1 is 1.36 bits per heavy atom. The maximum absolute atomic E-state index is 4.19. The minimum absolute atomic E-state index is 1.02. The van der Waals surface area contributed by atoms with Crippen LogP contribution < -0.4 is 5.32 Å². The number of hydrogen-bond acceptors (Lipinski definition) is 1. The molecule has 1 N–H and O–H groups in total. The third-order valence-electron chi connectivity index (χ3n) is 1.45. The second-order valence-electron chi connectivity index (χ2n) is 2.33. The molecule has 0 aromatic heterocycles. The Bertz CT molecular complexity index is 253. The highest BCUT2D eigenvalue weighted by atomic mass is 14.9. The topological polar surface area (TPSA) is 24.4 Å².